The van der Waals surface area contributed by atoms with Crippen LogP contribution in [-0.2, 0) is 6.42 Å². The molecular formula is C32H34N2O2. The zero-order chi connectivity index (χ0) is 24.7. The van der Waals surface area contributed by atoms with Crippen LogP contribution in [0.3, 0.4) is 0 Å². The van der Waals surface area contributed by atoms with E-state index in [9.17, 15) is 5.11 Å². The molecule has 0 aliphatic carbocycles. The molecule has 36 heavy (non-hydrogen) atoms. The number of nitrogens with zero attached hydrogens (tertiary/aromatic N) is 2. The van der Waals surface area contributed by atoms with E-state index in [2.05, 4.69) is 71.4 Å². The van der Waals surface area contributed by atoms with Gasteiger partial charge in [-0.1, -0.05) is 74.4 Å². The molecule has 0 saturated heterocycles. The van der Waals surface area contributed by atoms with E-state index in [0.717, 1.165) is 54.5 Å². The van der Waals surface area contributed by atoms with Gasteiger partial charge in [0.25, 0.3) is 0 Å². The monoisotopic (exact) mass is 478 g/mol. The minimum absolute atomic E-state index is 0.381. The van der Waals surface area contributed by atoms with Crippen LogP contribution in [0.2, 0.25) is 0 Å². The Balaban J connectivity index is 1.21. The van der Waals surface area contributed by atoms with Gasteiger partial charge in [-0.25, -0.2) is 4.98 Å². The molecule has 1 atom stereocenters. The van der Waals surface area contributed by atoms with Crippen LogP contribution in [-0.4, -0.2) is 22.9 Å². The number of benzene rings is 3. The summed E-state index contributed by atoms with van der Waals surface area (Å²) in [6, 6.07) is 22.6. The van der Waals surface area contributed by atoms with Crippen LogP contribution in [0.4, 0.5) is 5.69 Å². The number of unbranched alkanes of at least 4 members (excludes halogenated alkanes) is 2. The van der Waals surface area contributed by atoms with Crippen molar-refractivity contribution in [3.8, 4) is 11.5 Å². The fourth-order valence-electron chi connectivity index (χ4n) is 4.86. The summed E-state index contributed by atoms with van der Waals surface area (Å²) < 4.78 is 5.87. The second-order valence-corrected chi connectivity index (χ2v) is 9.49. The van der Waals surface area contributed by atoms with Gasteiger partial charge in [0.15, 0.2) is 5.58 Å². The van der Waals surface area contributed by atoms with E-state index >= 15 is 0 Å². The Labute approximate surface area is 213 Å². The van der Waals surface area contributed by atoms with Crippen molar-refractivity contribution in [3.05, 3.63) is 95.6 Å². The summed E-state index contributed by atoms with van der Waals surface area (Å²) in [5, 5.41) is 10.7. The molecule has 4 aromatic rings. The van der Waals surface area contributed by atoms with Gasteiger partial charge in [-0.3, -0.25) is 0 Å². The molecule has 0 bridgehead atoms. The topological polar surface area (TPSA) is 49.5 Å². The van der Waals surface area contributed by atoms with Gasteiger partial charge < -0.3 is 14.4 Å². The van der Waals surface area contributed by atoms with Crippen LogP contribution in [0.15, 0.2) is 83.3 Å². The van der Waals surface area contributed by atoms with Crippen LogP contribution in [0.5, 0.6) is 0 Å². The Morgan fingerprint density at radius 3 is 2.56 bits per heavy atom. The molecule has 0 amide bonds. The molecule has 4 nitrogen and oxygen atoms in total. The lowest BCUT2D eigenvalue weighted by Gasteiger charge is -2.35. The zero-order valence-electron chi connectivity index (χ0n) is 20.9. The van der Waals surface area contributed by atoms with Crippen molar-refractivity contribution in [1.82, 2.24) is 4.98 Å². The number of hydrogen-bond donors (Lipinski definition) is 1. The third kappa shape index (κ3) is 5.60. The number of aliphatic hydroxyl groups is 1. The molecule has 0 spiro atoms. The lowest BCUT2D eigenvalue weighted by atomic mass is 9.98. The number of anilines is 1. The molecule has 1 aliphatic heterocycles. The molecule has 1 aliphatic rings. The highest BCUT2D eigenvalue weighted by molar-refractivity contribution is 5.76. The van der Waals surface area contributed by atoms with Crippen LogP contribution < -0.4 is 4.90 Å². The Hall–Kier alpha value is -3.63. The minimum Gasteiger partial charge on any atom is -0.436 e. The molecular weight excluding hydrogens is 444 g/mol. The first-order valence-corrected chi connectivity index (χ1v) is 13.1. The average Bonchev–Trinajstić information content (AvgIpc) is 3.35. The van der Waals surface area contributed by atoms with Crippen molar-refractivity contribution in [2.24, 2.45) is 0 Å². The maximum atomic E-state index is 10.7. The van der Waals surface area contributed by atoms with E-state index in [4.69, 9.17) is 4.42 Å². The van der Waals surface area contributed by atoms with Gasteiger partial charge in [0.2, 0.25) is 5.89 Å². The Morgan fingerprint density at radius 1 is 0.972 bits per heavy atom. The van der Waals surface area contributed by atoms with Crippen LogP contribution in [0, 0.1) is 0 Å². The number of aromatic nitrogens is 1. The number of oxazole rings is 1. The normalized spacial score (nSPS) is 14.7. The van der Waals surface area contributed by atoms with Crippen LogP contribution in [0.1, 0.15) is 55.7 Å². The Bertz CT molecular complexity index is 1320. The summed E-state index contributed by atoms with van der Waals surface area (Å²) in [5.41, 5.74) is 7.48. The standard InChI is InChI=1S/C32H34N2O2/c1-2-3-4-15-31(35)34-22-9-12-27-23-25(18-21-29(27)34)11-6-5-10-24-16-19-26(20-17-24)32-33-28-13-7-8-14-30(28)36-32/h5-8,10-11,13-14,16-21,23,31,35H,2-4,9,12,15,22H2,1H3/b10-5+,11-6+. The smallest absolute Gasteiger partial charge is 0.227 e. The number of aryl methyl sites for hydroxylation is 1. The second kappa shape index (κ2) is 11.4. The van der Waals surface area contributed by atoms with E-state index < -0.39 is 0 Å². The van der Waals surface area contributed by atoms with E-state index in [1.165, 1.54) is 29.7 Å². The van der Waals surface area contributed by atoms with Crippen molar-refractivity contribution in [2.45, 2.75) is 51.7 Å². The van der Waals surface area contributed by atoms with Crippen molar-refractivity contribution in [3.63, 3.8) is 0 Å². The number of para-hydroxylation sites is 2. The van der Waals surface area contributed by atoms with Gasteiger partial charge in [0.1, 0.15) is 11.7 Å². The molecule has 4 heteroatoms. The first-order chi connectivity index (χ1) is 17.7. The van der Waals surface area contributed by atoms with E-state index in [1.807, 2.05) is 36.4 Å². The van der Waals surface area contributed by atoms with Crippen molar-refractivity contribution in [2.75, 3.05) is 11.4 Å². The molecule has 5 rings (SSSR count). The largest absolute Gasteiger partial charge is 0.436 e. The van der Waals surface area contributed by atoms with Crippen molar-refractivity contribution < 1.29 is 9.52 Å². The molecule has 184 valence electrons. The fraction of sp³-hybridized carbons (Fsp3) is 0.281. The maximum absolute atomic E-state index is 10.7. The number of aliphatic hydroxyl groups excluding tert-OH is 1. The van der Waals surface area contributed by atoms with Gasteiger partial charge in [-0.2, -0.15) is 0 Å². The summed E-state index contributed by atoms with van der Waals surface area (Å²) in [5.74, 6) is 0.645. The first-order valence-electron chi connectivity index (χ1n) is 13.1. The highest BCUT2D eigenvalue weighted by Gasteiger charge is 2.22. The summed E-state index contributed by atoms with van der Waals surface area (Å²) in [6.45, 7) is 3.13. The summed E-state index contributed by atoms with van der Waals surface area (Å²) in [4.78, 5) is 6.76. The van der Waals surface area contributed by atoms with Gasteiger partial charge in [-0.05, 0) is 78.8 Å². The summed E-state index contributed by atoms with van der Waals surface area (Å²) in [7, 11) is 0. The predicted octanol–water partition coefficient (Wildman–Crippen LogP) is 7.87. The number of rotatable bonds is 9. The molecule has 0 saturated carbocycles. The first kappa shape index (κ1) is 24.1. The molecule has 2 heterocycles. The van der Waals surface area contributed by atoms with Gasteiger partial charge >= 0.3 is 0 Å². The lowest BCUT2D eigenvalue weighted by molar-refractivity contribution is 0.153. The second-order valence-electron chi connectivity index (χ2n) is 9.49. The Morgan fingerprint density at radius 2 is 1.75 bits per heavy atom. The molecule has 3 aromatic carbocycles. The van der Waals surface area contributed by atoms with Gasteiger partial charge in [0.05, 0.1) is 0 Å². The molecule has 0 fully saturated rings. The van der Waals surface area contributed by atoms with Gasteiger partial charge in [-0.15, -0.1) is 0 Å². The van der Waals surface area contributed by atoms with Crippen LogP contribution >= 0.6 is 0 Å². The minimum atomic E-state index is -0.381. The highest BCUT2D eigenvalue weighted by atomic mass is 16.3. The van der Waals surface area contributed by atoms with E-state index in [-0.39, 0.29) is 6.23 Å². The quantitative estimate of drug-likeness (QED) is 0.196. The molecule has 1 unspecified atom stereocenters. The number of hydrogen-bond acceptors (Lipinski definition) is 4. The number of allylic oxidation sites excluding steroid dienone is 2. The number of fused-ring (bicyclic) bond motifs is 2. The lowest BCUT2D eigenvalue weighted by Crippen LogP contribution is -2.39. The Kier molecular flexibility index (Phi) is 7.63. The SMILES string of the molecule is CCCCCC(O)N1CCCc2cc(/C=C/C=C/c3ccc(-c4nc5ccccc5o4)cc3)ccc21. The van der Waals surface area contributed by atoms with Crippen molar-refractivity contribution in [1.29, 1.82) is 0 Å². The molecule has 1 N–H and O–H groups in total. The average molecular weight is 479 g/mol. The molecule has 1 aromatic heterocycles. The third-order valence-corrected chi connectivity index (χ3v) is 6.82. The van der Waals surface area contributed by atoms with E-state index in [1.54, 1.807) is 0 Å². The highest BCUT2D eigenvalue weighted by Crippen LogP contribution is 2.31. The predicted molar refractivity (Wildman–Crippen MR) is 150 cm³/mol. The van der Waals surface area contributed by atoms with Gasteiger partial charge in [0, 0.05) is 17.8 Å². The van der Waals surface area contributed by atoms with Crippen LogP contribution in [0.25, 0.3) is 34.7 Å². The maximum Gasteiger partial charge on any atom is 0.227 e. The fourth-order valence-corrected chi connectivity index (χ4v) is 4.86. The molecule has 0 radical (unpaired) electrons. The van der Waals surface area contributed by atoms with Crippen molar-refractivity contribution >= 4 is 28.9 Å². The zero-order valence-corrected chi connectivity index (χ0v) is 20.9. The third-order valence-electron chi connectivity index (χ3n) is 6.82. The summed E-state index contributed by atoms with van der Waals surface area (Å²) >= 11 is 0. The van der Waals surface area contributed by atoms with E-state index in [0.29, 0.717) is 5.89 Å². The summed E-state index contributed by atoms with van der Waals surface area (Å²) in [6.07, 6.45) is 14.4.